The van der Waals surface area contributed by atoms with Gasteiger partial charge in [-0.15, -0.1) is 0 Å². The first-order chi connectivity index (χ1) is 8.26. The lowest BCUT2D eigenvalue weighted by atomic mass is 10.1. The van der Waals surface area contributed by atoms with Crippen LogP contribution < -0.4 is 9.47 Å². The molecule has 0 amide bonds. The zero-order chi connectivity index (χ0) is 12.3. The summed E-state index contributed by atoms with van der Waals surface area (Å²) in [4.78, 5) is 0. The molecule has 2 aromatic rings. The lowest BCUT2D eigenvalue weighted by molar-refractivity contribution is 0.336. The first-order valence-corrected chi connectivity index (χ1v) is 5.77. The number of fused-ring (bicyclic) bond motifs is 1. The molecule has 0 aromatic heterocycles. The van der Waals surface area contributed by atoms with Crippen molar-refractivity contribution in [1.29, 1.82) is 0 Å². The van der Waals surface area contributed by atoms with E-state index in [0.29, 0.717) is 24.7 Å². The van der Waals surface area contributed by atoms with Gasteiger partial charge < -0.3 is 14.6 Å². The molecule has 2 aromatic carbocycles. The summed E-state index contributed by atoms with van der Waals surface area (Å²) in [7, 11) is 0. The van der Waals surface area contributed by atoms with Gasteiger partial charge in [0.05, 0.1) is 18.6 Å². The van der Waals surface area contributed by atoms with E-state index in [1.165, 1.54) is 0 Å². The fraction of sp³-hybridized carbons (Fsp3) is 0.286. The molecule has 0 aliphatic carbocycles. The number of phenolic OH excluding ortho intramolecular Hbond substituents is 1. The molecule has 90 valence electrons. The zero-order valence-electron chi connectivity index (χ0n) is 10.1. The largest absolute Gasteiger partial charge is 0.507 e. The van der Waals surface area contributed by atoms with Crippen molar-refractivity contribution in [3.63, 3.8) is 0 Å². The summed E-state index contributed by atoms with van der Waals surface area (Å²) in [6, 6.07) is 9.21. The predicted octanol–water partition coefficient (Wildman–Crippen LogP) is 3.34. The van der Waals surface area contributed by atoms with Crippen molar-refractivity contribution in [3.05, 3.63) is 30.3 Å². The van der Waals surface area contributed by atoms with Crippen LogP contribution in [0.4, 0.5) is 0 Å². The van der Waals surface area contributed by atoms with Crippen molar-refractivity contribution in [3.8, 4) is 17.2 Å². The highest BCUT2D eigenvalue weighted by Gasteiger charge is 2.09. The Kier molecular flexibility index (Phi) is 3.38. The first-order valence-electron chi connectivity index (χ1n) is 5.77. The monoisotopic (exact) mass is 232 g/mol. The average molecular weight is 232 g/mol. The molecule has 0 radical (unpaired) electrons. The minimum absolute atomic E-state index is 0.190. The van der Waals surface area contributed by atoms with Crippen molar-refractivity contribution in [1.82, 2.24) is 0 Å². The number of hydrogen-bond donors (Lipinski definition) is 1. The lowest BCUT2D eigenvalue weighted by Gasteiger charge is -2.11. The Morgan fingerprint density at radius 1 is 1.06 bits per heavy atom. The van der Waals surface area contributed by atoms with Crippen LogP contribution in [0.2, 0.25) is 0 Å². The molecule has 0 atom stereocenters. The van der Waals surface area contributed by atoms with Gasteiger partial charge >= 0.3 is 0 Å². The molecule has 0 bridgehead atoms. The highest BCUT2D eigenvalue weighted by Crippen LogP contribution is 2.36. The molecule has 0 fully saturated rings. The van der Waals surface area contributed by atoms with Crippen LogP contribution in [0.3, 0.4) is 0 Å². The molecular weight excluding hydrogens is 216 g/mol. The van der Waals surface area contributed by atoms with Gasteiger partial charge in [0, 0.05) is 6.07 Å². The second-order valence-electron chi connectivity index (χ2n) is 3.66. The van der Waals surface area contributed by atoms with Gasteiger partial charge in [0.1, 0.15) is 17.2 Å². The van der Waals surface area contributed by atoms with Crippen LogP contribution in [0.15, 0.2) is 30.3 Å². The Bertz CT molecular complexity index is 520. The van der Waals surface area contributed by atoms with Crippen molar-refractivity contribution in [2.24, 2.45) is 0 Å². The maximum absolute atomic E-state index is 10.0. The van der Waals surface area contributed by atoms with E-state index >= 15 is 0 Å². The van der Waals surface area contributed by atoms with E-state index in [0.717, 1.165) is 10.8 Å². The molecule has 0 unspecified atom stereocenters. The number of hydrogen-bond acceptors (Lipinski definition) is 3. The minimum Gasteiger partial charge on any atom is -0.507 e. The number of phenols is 1. The Morgan fingerprint density at radius 2 is 1.82 bits per heavy atom. The van der Waals surface area contributed by atoms with Gasteiger partial charge in [-0.05, 0) is 31.4 Å². The van der Waals surface area contributed by atoms with Crippen molar-refractivity contribution in [2.75, 3.05) is 13.2 Å². The molecule has 0 aliphatic rings. The van der Waals surface area contributed by atoms with Crippen LogP contribution in [0.5, 0.6) is 17.2 Å². The van der Waals surface area contributed by atoms with Crippen LogP contribution in [-0.2, 0) is 0 Å². The summed E-state index contributed by atoms with van der Waals surface area (Å²) in [6.07, 6.45) is 0. The Labute approximate surface area is 101 Å². The van der Waals surface area contributed by atoms with E-state index in [4.69, 9.17) is 9.47 Å². The average Bonchev–Trinajstić information content (AvgIpc) is 2.29. The smallest absolute Gasteiger partial charge is 0.130 e. The van der Waals surface area contributed by atoms with Gasteiger partial charge in [-0.1, -0.05) is 12.1 Å². The molecular formula is C14H16O3. The normalized spacial score (nSPS) is 10.5. The third kappa shape index (κ3) is 2.28. The summed E-state index contributed by atoms with van der Waals surface area (Å²) >= 11 is 0. The fourth-order valence-electron chi connectivity index (χ4n) is 1.87. The number of aromatic hydroxyl groups is 1. The van der Waals surface area contributed by atoms with E-state index in [2.05, 4.69) is 0 Å². The molecule has 0 spiro atoms. The van der Waals surface area contributed by atoms with Crippen LogP contribution >= 0.6 is 0 Å². The Balaban J connectivity index is 2.58. The summed E-state index contributed by atoms with van der Waals surface area (Å²) in [5.41, 5.74) is 0. The van der Waals surface area contributed by atoms with Gasteiger partial charge in [-0.3, -0.25) is 0 Å². The second-order valence-corrected chi connectivity index (χ2v) is 3.66. The van der Waals surface area contributed by atoms with E-state index in [1.807, 2.05) is 38.1 Å². The van der Waals surface area contributed by atoms with E-state index in [1.54, 1.807) is 6.07 Å². The topological polar surface area (TPSA) is 38.7 Å². The van der Waals surface area contributed by atoms with E-state index in [-0.39, 0.29) is 5.75 Å². The summed E-state index contributed by atoms with van der Waals surface area (Å²) in [5, 5.41) is 11.7. The van der Waals surface area contributed by atoms with E-state index in [9.17, 15) is 5.11 Å². The highest BCUT2D eigenvalue weighted by molar-refractivity contribution is 5.94. The molecule has 0 saturated carbocycles. The first kappa shape index (κ1) is 11.6. The number of ether oxygens (including phenoxy) is 2. The molecule has 0 heterocycles. The Morgan fingerprint density at radius 3 is 2.53 bits per heavy atom. The SMILES string of the molecule is CCOc1cc(O)c2c(OCC)cccc2c1. The Hall–Kier alpha value is -1.90. The second kappa shape index (κ2) is 4.95. The minimum atomic E-state index is 0.190. The van der Waals surface area contributed by atoms with E-state index < -0.39 is 0 Å². The molecule has 0 aliphatic heterocycles. The quantitative estimate of drug-likeness (QED) is 0.878. The number of benzene rings is 2. The van der Waals surface area contributed by atoms with Gasteiger partial charge in [0.15, 0.2) is 0 Å². The van der Waals surface area contributed by atoms with Crippen LogP contribution in [-0.4, -0.2) is 18.3 Å². The maximum Gasteiger partial charge on any atom is 0.130 e. The molecule has 3 heteroatoms. The fourth-order valence-corrected chi connectivity index (χ4v) is 1.87. The summed E-state index contributed by atoms with van der Waals surface area (Å²) in [5.74, 6) is 1.56. The summed E-state index contributed by atoms with van der Waals surface area (Å²) in [6.45, 7) is 4.99. The van der Waals surface area contributed by atoms with Crippen molar-refractivity contribution in [2.45, 2.75) is 13.8 Å². The van der Waals surface area contributed by atoms with Crippen molar-refractivity contribution >= 4 is 10.8 Å². The predicted molar refractivity (Wildman–Crippen MR) is 68.0 cm³/mol. The van der Waals surface area contributed by atoms with Crippen LogP contribution in [0.25, 0.3) is 10.8 Å². The highest BCUT2D eigenvalue weighted by atomic mass is 16.5. The molecule has 0 saturated heterocycles. The van der Waals surface area contributed by atoms with Crippen LogP contribution in [0.1, 0.15) is 13.8 Å². The van der Waals surface area contributed by atoms with Gasteiger partial charge in [-0.25, -0.2) is 0 Å². The standard InChI is InChI=1S/C14H16O3/c1-3-16-11-8-10-6-5-7-13(17-4-2)14(10)12(15)9-11/h5-9,15H,3-4H2,1-2H3. The maximum atomic E-state index is 10.0. The van der Waals surface area contributed by atoms with Gasteiger partial charge in [0.25, 0.3) is 0 Å². The van der Waals surface area contributed by atoms with Crippen molar-refractivity contribution < 1.29 is 14.6 Å². The third-order valence-corrected chi connectivity index (χ3v) is 2.50. The molecule has 17 heavy (non-hydrogen) atoms. The summed E-state index contributed by atoms with van der Waals surface area (Å²) < 4.78 is 10.9. The lowest BCUT2D eigenvalue weighted by Crippen LogP contribution is -1.94. The van der Waals surface area contributed by atoms with Crippen LogP contribution in [0, 0.1) is 0 Å². The molecule has 1 N–H and O–H groups in total. The third-order valence-electron chi connectivity index (χ3n) is 2.50. The number of rotatable bonds is 4. The van der Waals surface area contributed by atoms with Gasteiger partial charge in [0.2, 0.25) is 0 Å². The molecule has 3 nitrogen and oxygen atoms in total. The zero-order valence-corrected chi connectivity index (χ0v) is 10.1. The van der Waals surface area contributed by atoms with Gasteiger partial charge in [-0.2, -0.15) is 0 Å². The molecule has 2 rings (SSSR count).